The first kappa shape index (κ1) is 73.8. The number of ether oxygens (including phenoxy) is 8. The van der Waals surface area contributed by atoms with Crippen molar-refractivity contribution in [2.75, 3.05) is 6.61 Å². The lowest BCUT2D eigenvalue weighted by Crippen LogP contribution is -2.46. The molecule has 9 aromatic rings. The molecule has 15 rings (SSSR count). The second kappa shape index (κ2) is 33.3. The summed E-state index contributed by atoms with van der Waals surface area (Å²) >= 11 is 0. The molecule has 2 saturated heterocycles. The van der Waals surface area contributed by atoms with Gasteiger partial charge in [0.05, 0.1) is 49.9 Å². The highest BCUT2D eigenvalue weighted by Gasteiger charge is 2.71. The van der Waals surface area contributed by atoms with Crippen molar-refractivity contribution in [1.82, 2.24) is 0 Å². The summed E-state index contributed by atoms with van der Waals surface area (Å²) in [6.07, 6.45) is 1.35. The van der Waals surface area contributed by atoms with Crippen LogP contribution in [0.1, 0.15) is 80.6 Å². The van der Waals surface area contributed by atoms with Crippen molar-refractivity contribution in [3.63, 3.8) is 0 Å². The Hall–Kier alpha value is -9.55. The average molecular weight is 1470 g/mol. The van der Waals surface area contributed by atoms with Crippen LogP contribution in [0.25, 0.3) is 0 Å². The van der Waals surface area contributed by atoms with Gasteiger partial charge in [-0.05, 0) is 192 Å². The lowest BCUT2D eigenvalue weighted by Gasteiger charge is -2.33. The van der Waals surface area contributed by atoms with E-state index in [1.807, 2.05) is 139 Å². The smallest absolute Gasteiger partial charge is 0.349 e. The summed E-state index contributed by atoms with van der Waals surface area (Å²) in [4.78, 5) is 85.6. The van der Waals surface area contributed by atoms with Gasteiger partial charge in [-0.1, -0.05) is 144 Å². The van der Waals surface area contributed by atoms with Crippen molar-refractivity contribution in [3.8, 4) is 17.2 Å². The fourth-order valence-corrected chi connectivity index (χ4v) is 21.0. The Morgan fingerprint density at radius 1 is 0.400 bits per heavy atom. The Morgan fingerprint density at radius 3 is 1.03 bits per heavy atom. The normalized spacial score (nSPS) is 23.2. The zero-order valence-electron chi connectivity index (χ0n) is 60.0. The van der Waals surface area contributed by atoms with E-state index in [1.54, 1.807) is 19.1 Å². The van der Waals surface area contributed by atoms with Gasteiger partial charge in [0, 0.05) is 23.7 Å². The number of carbonyl (C=O) groups is 6. The van der Waals surface area contributed by atoms with Crippen LogP contribution in [-0.4, -0.2) is 79.0 Å². The first-order valence-corrected chi connectivity index (χ1v) is 40.0. The monoisotopic (exact) mass is 1470 g/mol. The fourth-order valence-electron chi connectivity index (χ4n) is 14.8. The molecule has 6 aliphatic rings. The van der Waals surface area contributed by atoms with Gasteiger partial charge >= 0.3 is 35.8 Å². The molecule has 6 fully saturated rings. The molecule has 0 aromatic heterocycles. The molecule has 2 aliphatic heterocycles. The molecule has 105 heavy (non-hydrogen) atoms. The first-order valence-electron chi connectivity index (χ1n) is 36.4. The molecule has 9 aromatic carbocycles. The standard InChI is InChI=1S/C32H33O5S.C31H31O5S.C25H25O4S/c1-4-32(2,3)31(34)37-29-25-19-24-26(30(33)36-28(24)29)27(25)35-20-15-17-23(18-16-20)38(21-11-7-5-8-12-21)22-13-9-6-10-14-22;1-3-19(2)30(32)35-29-25-18-24-26(31(33)36-28(24)29)27(25)34-20-14-16-23(17-15-20)37(21-10-6-4-7-11-21)22-12-8-5-9-13-22;1-3-19(2)25(27)28-18-24(26)29-20-14-16-23(17-15-20)30(21-10-6-4-7-11-21)22-12-8-5-9-13-22/h5-18,24-29H,4,19H2,1-3H3;4-17,19,24-29H,3,18H2,1-2H3;4-17,19H,3,18H2,1-2H3/q3*+1. The maximum atomic E-state index is 12.9. The topological polar surface area (TPSA) is 176 Å². The summed E-state index contributed by atoms with van der Waals surface area (Å²) < 4.78 is 46.6. The minimum atomic E-state index is -0.593. The number of fused-ring (bicyclic) bond motifs is 2. The fraction of sp³-hybridized carbons (Fsp3) is 0.318. The van der Waals surface area contributed by atoms with Crippen LogP contribution in [0, 0.1) is 52.8 Å². The maximum absolute atomic E-state index is 12.9. The van der Waals surface area contributed by atoms with Crippen LogP contribution in [0.4, 0.5) is 0 Å². The Bertz CT molecular complexity index is 4300. The summed E-state index contributed by atoms with van der Waals surface area (Å²) in [6, 6.07) is 86.6. The predicted octanol–water partition coefficient (Wildman–Crippen LogP) is 17.0. The van der Waals surface area contributed by atoms with Gasteiger partial charge in [0.15, 0.2) is 50.7 Å². The number of rotatable bonds is 24. The van der Waals surface area contributed by atoms with Crippen LogP contribution in [-0.2, 0) is 85.1 Å². The van der Waals surface area contributed by atoms with E-state index in [-0.39, 0.29) is 141 Å². The molecule has 4 aliphatic carbocycles. The Morgan fingerprint density at radius 2 is 0.705 bits per heavy atom. The van der Waals surface area contributed by atoms with Gasteiger partial charge in [-0.3, -0.25) is 24.0 Å². The summed E-state index contributed by atoms with van der Waals surface area (Å²) in [5.41, 5.74) is -0.579. The molecule has 0 N–H and O–H groups in total. The third-order valence-electron chi connectivity index (χ3n) is 21.1. The minimum Gasteiger partial charge on any atom is -0.489 e. The van der Waals surface area contributed by atoms with Crippen molar-refractivity contribution in [2.24, 2.45) is 52.8 Å². The van der Waals surface area contributed by atoms with Crippen LogP contribution in [0.2, 0.25) is 0 Å². The molecule has 14 nitrogen and oxygen atoms in total. The highest BCUT2D eigenvalue weighted by Crippen LogP contribution is 2.58. The van der Waals surface area contributed by atoms with Crippen LogP contribution < -0.4 is 14.2 Å². The highest BCUT2D eigenvalue weighted by molar-refractivity contribution is 7.97. The molecule has 17 heteroatoms. The van der Waals surface area contributed by atoms with Gasteiger partial charge in [-0.25, -0.2) is 4.79 Å². The van der Waals surface area contributed by atoms with Gasteiger partial charge in [0.2, 0.25) is 0 Å². The van der Waals surface area contributed by atoms with E-state index in [0.717, 1.165) is 17.7 Å². The molecule has 0 radical (unpaired) electrons. The lowest BCUT2D eigenvalue weighted by molar-refractivity contribution is -0.172. The van der Waals surface area contributed by atoms with Crippen molar-refractivity contribution in [2.45, 2.75) is 161 Å². The van der Waals surface area contributed by atoms with Gasteiger partial charge in [-0.15, -0.1) is 0 Å². The number of benzene rings is 9. The SMILES string of the molecule is CCC(C)(C)C(=O)OC1C2CC3C1OC(=O)C3C2Oc1ccc([S+](c2ccccc2)c2ccccc2)cc1.CCC(C)C(=O)OC1C2CC3C1OC(=O)C3C2Oc1ccc([S+](c2ccccc2)c2ccccc2)cc1.CCC(C)C(=O)OCC(=O)Oc1ccc([S+](c2ccccc2)c2ccccc2)cc1. The lowest BCUT2D eigenvalue weighted by atomic mass is 9.84. The molecule has 4 saturated carbocycles. The first-order chi connectivity index (χ1) is 51.0. The van der Waals surface area contributed by atoms with Crippen molar-refractivity contribution < 1.29 is 66.7 Å². The molecule has 0 amide bonds. The number of hydrogen-bond donors (Lipinski definition) is 0. The molecule has 4 bridgehead atoms. The number of carbonyl (C=O) groups excluding carboxylic acids is 6. The van der Waals surface area contributed by atoms with Gasteiger partial charge in [0.25, 0.3) is 0 Å². The summed E-state index contributed by atoms with van der Waals surface area (Å²) in [5, 5.41) is 0. The zero-order valence-corrected chi connectivity index (χ0v) is 62.5. The summed E-state index contributed by atoms with van der Waals surface area (Å²) in [6.45, 7) is 12.9. The van der Waals surface area contributed by atoms with Crippen molar-refractivity contribution >= 4 is 68.5 Å². The Labute approximate surface area is 623 Å². The molecule has 2 heterocycles. The Balaban J connectivity index is 0.000000141. The van der Waals surface area contributed by atoms with E-state index >= 15 is 0 Å². The number of hydrogen-bond acceptors (Lipinski definition) is 14. The second-order valence-corrected chi connectivity index (χ2v) is 34.1. The minimum absolute atomic E-state index is 0.0395. The van der Waals surface area contributed by atoms with Crippen LogP contribution in [0.15, 0.2) is 299 Å². The second-order valence-electron chi connectivity index (χ2n) is 28.1. The average Bonchev–Trinajstić information content (AvgIpc) is 1.56. The summed E-state index contributed by atoms with van der Waals surface area (Å²) in [5.74, 6) is -1.05. The maximum Gasteiger partial charge on any atom is 0.349 e. The van der Waals surface area contributed by atoms with Crippen LogP contribution >= 0.6 is 0 Å². The highest BCUT2D eigenvalue weighted by atomic mass is 32.2. The molecule has 14 unspecified atom stereocenters. The van der Waals surface area contributed by atoms with E-state index in [4.69, 9.17) is 37.9 Å². The van der Waals surface area contributed by atoms with Crippen molar-refractivity contribution in [1.29, 1.82) is 0 Å². The van der Waals surface area contributed by atoms with E-state index in [2.05, 4.69) is 146 Å². The third-order valence-corrected chi connectivity index (χ3v) is 27.8. The largest absolute Gasteiger partial charge is 0.489 e. The number of esters is 6. The molecule has 540 valence electrons. The zero-order chi connectivity index (χ0) is 73.3. The van der Waals surface area contributed by atoms with Crippen LogP contribution in [0.5, 0.6) is 17.2 Å². The Kier molecular flexibility index (Phi) is 23.4. The van der Waals surface area contributed by atoms with E-state index in [0.29, 0.717) is 36.5 Å². The van der Waals surface area contributed by atoms with E-state index < -0.39 is 23.6 Å². The molecule has 14 atom stereocenters. The molecule has 0 spiro atoms. The van der Waals surface area contributed by atoms with Gasteiger partial charge < -0.3 is 37.9 Å². The van der Waals surface area contributed by atoms with Crippen molar-refractivity contribution in [3.05, 3.63) is 255 Å². The van der Waals surface area contributed by atoms with E-state index in [9.17, 15) is 28.8 Å². The summed E-state index contributed by atoms with van der Waals surface area (Å²) in [7, 11) is -0.748. The predicted molar refractivity (Wildman–Crippen MR) is 403 cm³/mol. The van der Waals surface area contributed by atoms with Gasteiger partial charge in [0.1, 0.15) is 65.7 Å². The molecular weight excluding hydrogens is 1380 g/mol. The van der Waals surface area contributed by atoms with E-state index in [1.165, 1.54) is 39.2 Å². The van der Waals surface area contributed by atoms with Crippen LogP contribution in [0.3, 0.4) is 0 Å². The van der Waals surface area contributed by atoms with Gasteiger partial charge in [-0.2, -0.15) is 0 Å². The quantitative estimate of drug-likeness (QED) is 0.0242. The third kappa shape index (κ3) is 16.3. The molecular formula is C88H89O14S3+3.